The molecule has 3 nitrogen and oxygen atoms in total. The summed E-state index contributed by atoms with van der Waals surface area (Å²) in [5.41, 5.74) is 3.66. The zero-order valence-electron chi connectivity index (χ0n) is 17.0. The number of piperazine rings is 1. The molecule has 28 heavy (non-hydrogen) atoms. The maximum Gasteiger partial charge on any atom is 0.0991 e. The van der Waals surface area contributed by atoms with Crippen LogP contribution in [0.2, 0.25) is 0 Å². The lowest BCUT2D eigenvalue weighted by Crippen LogP contribution is -2.52. The first-order valence-corrected chi connectivity index (χ1v) is 11.2. The lowest BCUT2D eigenvalue weighted by molar-refractivity contribution is 0.0722. The van der Waals surface area contributed by atoms with Crippen molar-refractivity contribution in [3.8, 4) is 6.07 Å². The van der Waals surface area contributed by atoms with E-state index in [0.29, 0.717) is 6.04 Å². The number of hydrogen-bond acceptors (Lipinski definition) is 3. The lowest BCUT2D eigenvalue weighted by Gasteiger charge is -2.44. The van der Waals surface area contributed by atoms with E-state index in [4.69, 9.17) is 5.26 Å². The van der Waals surface area contributed by atoms with Gasteiger partial charge in [0.05, 0.1) is 11.6 Å². The van der Waals surface area contributed by atoms with Crippen LogP contribution in [0.3, 0.4) is 0 Å². The molecule has 0 amide bonds. The second-order valence-corrected chi connectivity index (χ2v) is 8.65. The number of benzene rings is 1. The van der Waals surface area contributed by atoms with Crippen molar-refractivity contribution in [3.05, 3.63) is 59.2 Å². The Hall–Kier alpha value is -1.89. The first-order chi connectivity index (χ1) is 13.8. The molecule has 0 radical (unpaired) electrons. The van der Waals surface area contributed by atoms with Crippen molar-refractivity contribution in [2.75, 3.05) is 26.2 Å². The minimum Gasteiger partial charge on any atom is -0.297 e. The third kappa shape index (κ3) is 4.74. The van der Waals surface area contributed by atoms with Crippen molar-refractivity contribution in [1.29, 1.82) is 5.26 Å². The highest BCUT2D eigenvalue weighted by atomic mass is 15.3. The normalized spacial score (nSPS) is 23.2. The van der Waals surface area contributed by atoms with Gasteiger partial charge in [-0.1, -0.05) is 49.6 Å². The fourth-order valence-corrected chi connectivity index (χ4v) is 5.23. The molecule has 1 unspecified atom stereocenters. The van der Waals surface area contributed by atoms with E-state index in [-0.39, 0.29) is 0 Å². The third-order valence-corrected chi connectivity index (χ3v) is 6.75. The molecule has 1 aromatic carbocycles. The van der Waals surface area contributed by atoms with Crippen LogP contribution in [0.5, 0.6) is 0 Å². The Bertz CT molecular complexity index is 726. The van der Waals surface area contributed by atoms with Gasteiger partial charge in [0.25, 0.3) is 0 Å². The maximum atomic E-state index is 8.97. The molecule has 1 saturated carbocycles. The van der Waals surface area contributed by atoms with Crippen LogP contribution in [0.25, 0.3) is 0 Å². The number of rotatable bonds is 5. The number of allylic oxidation sites excluding steroid dienone is 2. The molecule has 1 aromatic rings. The fraction of sp³-hybridized carbons (Fsp3) is 0.560. The summed E-state index contributed by atoms with van der Waals surface area (Å²) >= 11 is 0. The standard InChI is InChI=1S/C25H33N3/c26-19-21-11-13-22(14-12-21)20-27-15-17-28(18-16-27)25(23-7-3-1-4-8-23)24-9-5-2-6-10-24/h3,7-8,11-14,24-25H,1-2,4-6,9-10,15-18,20H2. The Morgan fingerprint density at radius 1 is 0.964 bits per heavy atom. The van der Waals surface area contributed by atoms with Crippen LogP contribution in [0, 0.1) is 17.2 Å². The van der Waals surface area contributed by atoms with E-state index in [2.05, 4.69) is 46.2 Å². The second kappa shape index (κ2) is 9.54. The molecule has 4 rings (SSSR count). The number of hydrogen-bond donors (Lipinski definition) is 0. The molecule has 148 valence electrons. The van der Waals surface area contributed by atoms with Crippen molar-refractivity contribution in [2.24, 2.45) is 5.92 Å². The fourth-order valence-electron chi connectivity index (χ4n) is 5.23. The van der Waals surface area contributed by atoms with Crippen LogP contribution in [0.1, 0.15) is 56.1 Å². The Labute approximate surface area is 170 Å². The van der Waals surface area contributed by atoms with Crippen molar-refractivity contribution >= 4 is 0 Å². The highest BCUT2D eigenvalue weighted by molar-refractivity contribution is 5.32. The summed E-state index contributed by atoms with van der Waals surface area (Å²) < 4.78 is 0. The van der Waals surface area contributed by atoms with Crippen LogP contribution in [0.4, 0.5) is 0 Å². The van der Waals surface area contributed by atoms with Crippen LogP contribution in [0.15, 0.2) is 48.1 Å². The largest absolute Gasteiger partial charge is 0.297 e. The average Bonchev–Trinajstić information content (AvgIpc) is 2.77. The van der Waals surface area contributed by atoms with Crippen molar-refractivity contribution in [3.63, 3.8) is 0 Å². The second-order valence-electron chi connectivity index (χ2n) is 8.65. The molecule has 3 heteroatoms. The summed E-state index contributed by atoms with van der Waals surface area (Å²) in [4.78, 5) is 5.35. The molecule has 0 aromatic heterocycles. The topological polar surface area (TPSA) is 30.3 Å². The van der Waals surface area contributed by atoms with Gasteiger partial charge in [0, 0.05) is 38.8 Å². The molecule has 2 fully saturated rings. The summed E-state index contributed by atoms with van der Waals surface area (Å²) in [6.45, 7) is 5.61. The van der Waals surface area contributed by atoms with E-state index in [1.807, 2.05) is 12.1 Å². The zero-order chi connectivity index (χ0) is 19.2. The van der Waals surface area contributed by atoms with Gasteiger partial charge in [0.1, 0.15) is 0 Å². The number of nitrogens with zero attached hydrogens (tertiary/aromatic N) is 3. The van der Waals surface area contributed by atoms with Crippen molar-refractivity contribution in [2.45, 2.75) is 57.5 Å². The van der Waals surface area contributed by atoms with Gasteiger partial charge >= 0.3 is 0 Å². The molecular weight excluding hydrogens is 342 g/mol. The van der Waals surface area contributed by atoms with Crippen molar-refractivity contribution < 1.29 is 0 Å². The molecule has 1 saturated heterocycles. The van der Waals surface area contributed by atoms with Crippen LogP contribution >= 0.6 is 0 Å². The predicted octanol–water partition coefficient (Wildman–Crippen LogP) is 4.90. The van der Waals surface area contributed by atoms with Gasteiger partial charge in [-0.15, -0.1) is 0 Å². The third-order valence-electron chi connectivity index (χ3n) is 6.75. The van der Waals surface area contributed by atoms with Gasteiger partial charge in [-0.05, 0) is 54.9 Å². The SMILES string of the molecule is N#Cc1ccc(CN2CCN(C(C3=CCCC=C3)C3CCCCC3)CC2)cc1. The molecule has 0 N–H and O–H groups in total. The van der Waals surface area contributed by atoms with Crippen LogP contribution in [-0.4, -0.2) is 42.0 Å². The summed E-state index contributed by atoms with van der Waals surface area (Å²) in [6, 6.07) is 10.9. The Balaban J connectivity index is 1.38. The smallest absolute Gasteiger partial charge is 0.0991 e. The van der Waals surface area contributed by atoms with Gasteiger partial charge in [0.15, 0.2) is 0 Å². The molecule has 2 aliphatic carbocycles. The Morgan fingerprint density at radius 3 is 2.36 bits per heavy atom. The molecule has 1 aliphatic heterocycles. The molecule has 0 bridgehead atoms. The monoisotopic (exact) mass is 375 g/mol. The zero-order valence-corrected chi connectivity index (χ0v) is 17.0. The van der Waals surface area contributed by atoms with E-state index in [9.17, 15) is 0 Å². The van der Waals surface area contributed by atoms with Gasteiger partial charge < -0.3 is 0 Å². The van der Waals surface area contributed by atoms with Crippen LogP contribution in [-0.2, 0) is 6.54 Å². The predicted molar refractivity (Wildman–Crippen MR) is 115 cm³/mol. The minimum absolute atomic E-state index is 0.633. The molecule has 3 aliphatic rings. The van der Waals surface area contributed by atoms with Crippen LogP contribution < -0.4 is 0 Å². The molecule has 0 spiro atoms. The van der Waals surface area contributed by atoms with Gasteiger partial charge in [-0.25, -0.2) is 0 Å². The maximum absolute atomic E-state index is 8.97. The Morgan fingerprint density at radius 2 is 1.71 bits per heavy atom. The highest BCUT2D eigenvalue weighted by Gasteiger charge is 2.32. The summed E-state index contributed by atoms with van der Waals surface area (Å²) in [6.07, 6.45) is 16.8. The van der Waals surface area contributed by atoms with E-state index in [1.54, 1.807) is 5.57 Å². The number of nitriles is 1. The van der Waals surface area contributed by atoms with Gasteiger partial charge in [0.2, 0.25) is 0 Å². The van der Waals surface area contributed by atoms with E-state index >= 15 is 0 Å². The molecular formula is C25H33N3. The minimum atomic E-state index is 0.633. The molecule has 1 heterocycles. The van der Waals surface area contributed by atoms with E-state index in [1.165, 1.54) is 63.6 Å². The van der Waals surface area contributed by atoms with E-state index < -0.39 is 0 Å². The first-order valence-electron chi connectivity index (χ1n) is 11.2. The molecule has 1 atom stereocenters. The van der Waals surface area contributed by atoms with Gasteiger partial charge in [-0.2, -0.15) is 5.26 Å². The van der Waals surface area contributed by atoms with E-state index in [0.717, 1.165) is 31.1 Å². The lowest BCUT2D eigenvalue weighted by atomic mass is 9.79. The first kappa shape index (κ1) is 19.4. The quantitative estimate of drug-likeness (QED) is 0.733. The highest BCUT2D eigenvalue weighted by Crippen LogP contribution is 2.34. The van der Waals surface area contributed by atoms with Crippen molar-refractivity contribution in [1.82, 2.24) is 9.80 Å². The Kier molecular flexibility index (Phi) is 6.62. The summed E-state index contributed by atoms with van der Waals surface area (Å²) in [7, 11) is 0. The van der Waals surface area contributed by atoms with Gasteiger partial charge in [-0.3, -0.25) is 9.80 Å². The summed E-state index contributed by atoms with van der Waals surface area (Å²) in [5, 5.41) is 8.97. The average molecular weight is 376 g/mol. The summed E-state index contributed by atoms with van der Waals surface area (Å²) in [5.74, 6) is 0.841.